The van der Waals surface area contributed by atoms with E-state index < -0.39 is 0 Å². The van der Waals surface area contributed by atoms with Crippen molar-refractivity contribution in [3.63, 3.8) is 0 Å². The van der Waals surface area contributed by atoms with Gasteiger partial charge in [0.05, 0.1) is 0 Å². The van der Waals surface area contributed by atoms with Crippen LogP contribution in [0.15, 0.2) is 12.1 Å². The number of aromatic nitrogens is 1. The fourth-order valence-corrected chi connectivity index (χ4v) is 3.83. The van der Waals surface area contributed by atoms with Gasteiger partial charge < -0.3 is 15.5 Å². The minimum Gasteiger partial charge on any atom is -0.356 e. The summed E-state index contributed by atoms with van der Waals surface area (Å²) in [6, 6.07) is 5.06. The summed E-state index contributed by atoms with van der Waals surface area (Å²) >= 11 is 0. The Hall–Kier alpha value is -1.13. The van der Waals surface area contributed by atoms with Crippen LogP contribution in [0.4, 0.5) is 5.82 Å². The van der Waals surface area contributed by atoms with E-state index >= 15 is 0 Å². The first kappa shape index (κ1) is 13.8. The molecule has 2 aliphatic rings. The van der Waals surface area contributed by atoms with Crippen LogP contribution in [0.25, 0.3) is 0 Å². The largest absolute Gasteiger partial charge is 0.356 e. The maximum absolute atomic E-state index is 5.72. The summed E-state index contributed by atoms with van der Waals surface area (Å²) in [5.41, 5.74) is 7.95. The molecule has 0 bridgehead atoms. The number of hydrogen-bond acceptors (Lipinski definition) is 4. The van der Waals surface area contributed by atoms with Gasteiger partial charge in [0, 0.05) is 31.4 Å². The molecule has 2 aliphatic heterocycles. The molecule has 1 aromatic heterocycles. The summed E-state index contributed by atoms with van der Waals surface area (Å²) in [6.07, 6.45) is 3.97. The maximum Gasteiger partial charge on any atom is 0.128 e. The molecule has 0 spiro atoms. The number of fused-ring (bicyclic) bond motifs is 1. The number of aryl methyl sites for hydroxylation is 1. The average Bonchev–Trinajstić information content (AvgIpc) is 2.47. The predicted molar refractivity (Wildman–Crippen MR) is 82.8 cm³/mol. The highest BCUT2D eigenvalue weighted by atomic mass is 15.2. The highest BCUT2D eigenvalue weighted by molar-refractivity contribution is 5.42. The maximum atomic E-state index is 5.72. The second kappa shape index (κ2) is 5.70. The lowest BCUT2D eigenvalue weighted by Gasteiger charge is -2.46. The minimum absolute atomic E-state index is 0.578. The van der Waals surface area contributed by atoms with E-state index in [4.69, 9.17) is 10.7 Å². The van der Waals surface area contributed by atoms with Crippen molar-refractivity contribution in [1.82, 2.24) is 9.88 Å². The lowest BCUT2D eigenvalue weighted by molar-refractivity contribution is 0.102. The molecule has 4 nitrogen and oxygen atoms in total. The molecule has 2 N–H and O–H groups in total. The molecule has 2 saturated heterocycles. The van der Waals surface area contributed by atoms with Crippen LogP contribution in [-0.2, 0) is 6.54 Å². The molecule has 0 amide bonds. The van der Waals surface area contributed by atoms with Crippen LogP contribution >= 0.6 is 0 Å². The van der Waals surface area contributed by atoms with Crippen molar-refractivity contribution < 1.29 is 0 Å². The van der Waals surface area contributed by atoms with Crippen molar-refractivity contribution in [3.8, 4) is 0 Å². The molecule has 3 heterocycles. The third-order valence-electron chi connectivity index (χ3n) is 5.07. The van der Waals surface area contributed by atoms with E-state index in [0.717, 1.165) is 42.1 Å². The first-order valence-electron chi connectivity index (χ1n) is 7.81. The Morgan fingerprint density at radius 1 is 1.30 bits per heavy atom. The Bertz CT molecular complexity index is 474. The molecule has 110 valence electrons. The number of anilines is 1. The highest BCUT2D eigenvalue weighted by Crippen LogP contribution is 2.31. The van der Waals surface area contributed by atoms with Gasteiger partial charge in [-0.05, 0) is 57.3 Å². The summed E-state index contributed by atoms with van der Waals surface area (Å²) in [5.74, 6) is 1.94. The summed E-state index contributed by atoms with van der Waals surface area (Å²) in [5, 5.41) is 0. The third kappa shape index (κ3) is 2.54. The smallest absolute Gasteiger partial charge is 0.128 e. The molecule has 0 saturated carbocycles. The lowest BCUT2D eigenvalue weighted by atomic mass is 9.84. The molecule has 3 rings (SSSR count). The van der Waals surface area contributed by atoms with Gasteiger partial charge in [-0.2, -0.15) is 0 Å². The standard InChI is InChI=1S/C16H26N4/c1-12-13(10-17)5-6-16(18-12)20-9-7-15-14(11-20)4-3-8-19(15)2/h5-6,14-15H,3-4,7-11,17H2,1-2H3. The van der Waals surface area contributed by atoms with Crippen LogP contribution in [0, 0.1) is 12.8 Å². The molecule has 20 heavy (non-hydrogen) atoms. The van der Waals surface area contributed by atoms with Gasteiger partial charge in [0.2, 0.25) is 0 Å². The Morgan fingerprint density at radius 2 is 2.15 bits per heavy atom. The van der Waals surface area contributed by atoms with Gasteiger partial charge in [-0.1, -0.05) is 6.07 Å². The zero-order valence-corrected chi connectivity index (χ0v) is 12.7. The van der Waals surface area contributed by atoms with Gasteiger partial charge in [0.1, 0.15) is 5.82 Å². The Labute approximate surface area is 122 Å². The summed E-state index contributed by atoms with van der Waals surface area (Å²) in [6.45, 7) is 6.19. The molecule has 0 radical (unpaired) electrons. The third-order valence-corrected chi connectivity index (χ3v) is 5.07. The van der Waals surface area contributed by atoms with E-state index in [-0.39, 0.29) is 0 Å². The van der Waals surface area contributed by atoms with Crippen LogP contribution in [0.1, 0.15) is 30.5 Å². The van der Waals surface area contributed by atoms with Crippen molar-refractivity contribution in [2.45, 2.75) is 38.8 Å². The number of piperidine rings is 2. The molecule has 4 heteroatoms. The number of nitrogens with two attached hydrogens (primary N) is 1. The zero-order chi connectivity index (χ0) is 14.1. The molecule has 2 unspecified atom stereocenters. The van der Waals surface area contributed by atoms with Crippen LogP contribution in [-0.4, -0.2) is 42.6 Å². The monoisotopic (exact) mass is 274 g/mol. The number of pyridine rings is 1. The lowest BCUT2D eigenvalue weighted by Crippen LogP contribution is -2.52. The molecule has 2 fully saturated rings. The highest BCUT2D eigenvalue weighted by Gasteiger charge is 2.34. The second-order valence-corrected chi connectivity index (χ2v) is 6.30. The van der Waals surface area contributed by atoms with Crippen molar-refractivity contribution in [2.24, 2.45) is 11.7 Å². The molecular formula is C16H26N4. The SMILES string of the molecule is Cc1nc(N2CCC3C(CCCN3C)C2)ccc1CN. The van der Waals surface area contributed by atoms with E-state index in [1.165, 1.54) is 25.8 Å². The van der Waals surface area contributed by atoms with Gasteiger partial charge >= 0.3 is 0 Å². The van der Waals surface area contributed by atoms with E-state index in [9.17, 15) is 0 Å². The predicted octanol–water partition coefficient (Wildman–Crippen LogP) is 1.77. The minimum atomic E-state index is 0.578. The molecule has 1 aromatic rings. The molecule has 0 aromatic carbocycles. The zero-order valence-electron chi connectivity index (χ0n) is 12.7. The molecule has 0 aliphatic carbocycles. The molecular weight excluding hydrogens is 248 g/mol. The quantitative estimate of drug-likeness (QED) is 0.893. The van der Waals surface area contributed by atoms with Gasteiger partial charge in [0.25, 0.3) is 0 Å². The fraction of sp³-hybridized carbons (Fsp3) is 0.688. The average molecular weight is 274 g/mol. The van der Waals surface area contributed by atoms with E-state index in [2.05, 4.69) is 35.9 Å². The van der Waals surface area contributed by atoms with E-state index in [0.29, 0.717) is 6.54 Å². The summed E-state index contributed by atoms with van der Waals surface area (Å²) in [4.78, 5) is 9.78. The van der Waals surface area contributed by atoms with Gasteiger partial charge in [-0.25, -0.2) is 4.98 Å². The van der Waals surface area contributed by atoms with Gasteiger partial charge in [-0.15, -0.1) is 0 Å². The number of nitrogens with zero attached hydrogens (tertiary/aromatic N) is 3. The van der Waals surface area contributed by atoms with E-state index in [1.54, 1.807) is 0 Å². The Kier molecular flexibility index (Phi) is 3.94. The molecule has 2 atom stereocenters. The normalized spacial score (nSPS) is 27.4. The Morgan fingerprint density at radius 3 is 2.90 bits per heavy atom. The first-order valence-corrected chi connectivity index (χ1v) is 7.81. The van der Waals surface area contributed by atoms with Crippen LogP contribution < -0.4 is 10.6 Å². The topological polar surface area (TPSA) is 45.4 Å². The number of likely N-dealkylation sites (tertiary alicyclic amines) is 1. The number of hydrogen-bond donors (Lipinski definition) is 1. The fourth-order valence-electron chi connectivity index (χ4n) is 3.83. The summed E-state index contributed by atoms with van der Waals surface area (Å²) in [7, 11) is 2.28. The van der Waals surface area contributed by atoms with Gasteiger partial charge in [0.15, 0.2) is 0 Å². The van der Waals surface area contributed by atoms with Crippen molar-refractivity contribution in [1.29, 1.82) is 0 Å². The van der Waals surface area contributed by atoms with E-state index in [1.807, 2.05) is 0 Å². The van der Waals surface area contributed by atoms with Gasteiger partial charge in [-0.3, -0.25) is 0 Å². The first-order chi connectivity index (χ1) is 9.69. The van der Waals surface area contributed by atoms with Crippen LogP contribution in [0.5, 0.6) is 0 Å². The van der Waals surface area contributed by atoms with Crippen molar-refractivity contribution >= 4 is 5.82 Å². The number of rotatable bonds is 2. The van der Waals surface area contributed by atoms with Crippen LogP contribution in [0.3, 0.4) is 0 Å². The Balaban J connectivity index is 1.74. The van der Waals surface area contributed by atoms with Crippen LogP contribution in [0.2, 0.25) is 0 Å². The summed E-state index contributed by atoms with van der Waals surface area (Å²) < 4.78 is 0. The van der Waals surface area contributed by atoms with Crippen molar-refractivity contribution in [3.05, 3.63) is 23.4 Å². The second-order valence-electron chi connectivity index (χ2n) is 6.30. The van der Waals surface area contributed by atoms with Crippen molar-refractivity contribution in [2.75, 3.05) is 31.6 Å².